The predicted molar refractivity (Wildman–Crippen MR) is 93.9 cm³/mol. The number of ketones is 1. The summed E-state index contributed by atoms with van der Waals surface area (Å²) in [7, 11) is 0. The molecule has 2 aromatic carbocycles. The third kappa shape index (κ3) is 6.27. The van der Waals surface area contributed by atoms with Gasteiger partial charge in [-0.2, -0.15) is 0 Å². The van der Waals surface area contributed by atoms with Crippen LogP contribution < -0.4 is 16.2 Å². The van der Waals surface area contributed by atoms with Crippen molar-refractivity contribution in [3.63, 3.8) is 0 Å². The molecule has 0 unspecified atom stereocenters. The van der Waals surface area contributed by atoms with Crippen molar-refractivity contribution in [2.75, 3.05) is 5.32 Å². The van der Waals surface area contributed by atoms with Crippen LogP contribution in [0.25, 0.3) is 0 Å². The van der Waals surface area contributed by atoms with E-state index >= 15 is 0 Å². The first-order valence-electron chi connectivity index (χ1n) is 7.34. The van der Waals surface area contributed by atoms with E-state index in [1.165, 1.54) is 48.5 Å². The molecule has 8 heteroatoms. The van der Waals surface area contributed by atoms with Gasteiger partial charge in [-0.15, -0.1) is 0 Å². The van der Waals surface area contributed by atoms with Crippen molar-refractivity contribution < 1.29 is 18.4 Å². The lowest BCUT2D eigenvalue weighted by atomic mass is 10.1. The minimum Gasteiger partial charge on any atom is -0.331 e. The van der Waals surface area contributed by atoms with Gasteiger partial charge in [0, 0.05) is 24.1 Å². The van der Waals surface area contributed by atoms with E-state index in [9.17, 15) is 18.4 Å². The second-order valence-corrected chi connectivity index (χ2v) is 5.47. The van der Waals surface area contributed by atoms with Crippen molar-refractivity contribution in [1.82, 2.24) is 10.9 Å². The predicted octanol–water partition coefficient (Wildman–Crippen LogP) is 2.95. The average molecular weight is 363 g/mol. The summed E-state index contributed by atoms with van der Waals surface area (Å²) in [4.78, 5) is 23.6. The zero-order chi connectivity index (χ0) is 18.2. The van der Waals surface area contributed by atoms with Crippen molar-refractivity contribution in [3.05, 3.63) is 65.7 Å². The van der Waals surface area contributed by atoms with Gasteiger partial charge in [0.1, 0.15) is 11.6 Å². The van der Waals surface area contributed by atoms with Gasteiger partial charge in [0.2, 0.25) is 5.91 Å². The van der Waals surface area contributed by atoms with Crippen LogP contribution in [-0.2, 0) is 4.79 Å². The normalized spacial score (nSPS) is 10.0. The Kier molecular flexibility index (Phi) is 6.53. The molecule has 0 aromatic heterocycles. The molecule has 2 aromatic rings. The summed E-state index contributed by atoms with van der Waals surface area (Å²) in [5, 5.41) is 2.87. The fourth-order valence-electron chi connectivity index (χ4n) is 1.89. The van der Waals surface area contributed by atoms with Gasteiger partial charge in [-0.3, -0.25) is 20.4 Å². The number of amides is 1. The van der Waals surface area contributed by atoms with Crippen molar-refractivity contribution in [3.8, 4) is 0 Å². The Morgan fingerprint density at radius 1 is 0.840 bits per heavy atom. The van der Waals surface area contributed by atoms with Crippen LogP contribution in [0, 0.1) is 11.6 Å². The fraction of sp³-hybridized carbons (Fsp3) is 0.118. The molecule has 0 heterocycles. The van der Waals surface area contributed by atoms with E-state index in [-0.39, 0.29) is 29.6 Å². The number of hydrazine groups is 1. The molecule has 1 amide bonds. The Morgan fingerprint density at radius 2 is 1.40 bits per heavy atom. The standard InChI is InChI=1S/C17H15F2N3O2S/c18-12-3-1-11(2-4-12)15(23)9-10-16(24)21-22-17(25)20-14-7-5-13(19)6-8-14/h1-8H,9-10H2,(H,21,24)(H2,20,22,25). The SMILES string of the molecule is O=C(CCC(=O)c1ccc(F)cc1)NNC(=S)Nc1ccc(F)cc1. The first-order valence-corrected chi connectivity index (χ1v) is 7.75. The lowest BCUT2D eigenvalue weighted by Gasteiger charge is -2.11. The van der Waals surface area contributed by atoms with Crippen LogP contribution >= 0.6 is 12.2 Å². The van der Waals surface area contributed by atoms with Crippen LogP contribution in [0.4, 0.5) is 14.5 Å². The highest BCUT2D eigenvalue weighted by molar-refractivity contribution is 7.80. The summed E-state index contributed by atoms with van der Waals surface area (Å²) in [6.07, 6.45) is -0.0698. The molecule has 2 rings (SSSR count). The molecular weight excluding hydrogens is 348 g/mol. The molecule has 0 fully saturated rings. The van der Waals surface area contributed by atoms with Crippen molar-refractivity contribution in [2.24, 2.45) is 0 Å². The molecule has 0 radical (unpaired) electrons. The number of nitrogens with one attached hydrogen (secondary N) is 3. The molecule has 0 aliphatic rings. The average Bonchev–Trinajstić information content (AvgIpc) is 2.60. The van der Waals surface area contributed by atoms with E-state index in [0.717, 1.165) is 0 Å². The Hall–Kier alpha value is -2.87. The van der Waals surface area contributed by atoms with Crippen LogP contribution in [-0.4, -0.2) is 16.8 Å². The van der Waals surface area contributed by atoms with Gasteiger partial charge >= 0.3 is 0 Å². The molecule has 0 saturated carbocycles. The molecule has 25 heavy (non-hydrogen) atoms. The van der Waals surface area contributed by atoms with E-state index in [0.29, 0.717) is 11.3 Å². The van der Waals surface area contributed by atoms with Crippen molar-refractivity contribution in [1.29, 1.82) is 0 Å². The van der Waals surface area contributed by atoms with Crippen LogP contribution in [0.1, 0.15) is 23.2 Å². The zero-order valence-electron chi connectivity index (χ0n) is 13.0. The highest BCUT2D eigenvalue weighted by Gasteiger charge is 2.09. The van der Waals surface area contributed by atoms with Gasteiger partial charge in [-0.05, 0) is 60.7 Å². The fourth-order valence-corrected chi connectivity index (χ4v) is 2.06. The highest BCUT2D eigenvalue weighted by Crippen LogP contribution is 2.08. The Balaban J connectivity index is 1.71. The first kappa shape index (κ1) is 18.5. The minimum absolute atomic E-state index is 0.0166. The van der Waals surface area contributed by atoms with Crippen LogP contribution in [0.3, 0.4) is 0 Å². The summed E-state index contributed by atoms with van der Waals surface area (Å²) < 4.78 is 25.6. The second-order valence-electron chi connectivity index (χ2n) is 5.06. The maximum Gasteiger partial charge on any atom is 0.238 e. The molecule has 3 N–H and O–H groups in total. The van der Waals surface area contributed by atoms with Gasteiger partial charge in [0.15, 0.2) is 10.9 Å². The Morgan fingerprint density at radius 3 is 2.00 bits per heavy atom. The quantitative estimate of drug-likeness (QED) is 0.433. The van der Waals surface area contributed by atoms with Gasteiger partial charge < -0.3 is 5.32 Å². The molecule has 0 aliphatic carbocycles. The summed E-state index contributed by atoms with van der Waals surface area (Å²) >= 11 is 4.98. The molecule has 0 saturated heterocycles. The second kappa shape index (κ2) is 8.84. The topological polar surface area (TPSA) is 70.2 Å². The van der Waals surface area contributed by atoms with E-state index in [1.807, 2.05) is 0 Å². The number of thiocarbonyl (C=S) groups is 1. The number of carbonyl (C=O) groups is 2. The lowest BCUT2D eigenvalue weighted by molar-refractivity contribution is -0.121. The summed E-state index contributed by atoms with van der Waals surface area (Å²) in [6, 6.07) is 10.6. The number of hydrogen-bond donors (Lipinski definition) is 3. The zero-order valence-corrected chi connectivity index (χ0v) is 13.8. The van der Waals surface area contributed by atoms with E-state index < -0.39 is 11.7 Å². The summed E-state index contributed by atoms with van der Waals surface area (Å²) in [5.74, 6) is -1.50. The first-order chi connectivity index (χ1) is 11.9. The highest BCUT2D eigenvalue weighted by atomic mass is 32.1. The maximum absolute atomic E-state index is 12.8. The van der Waals surface area contributed by atoms with Gasteiger partial charge in [0.25, 0.3) is 0 Å². The van der Waals surface area contributed by atoms with E-state index in [1.54, 1.807) is 0 Å². The molecular formula is C17H15F2N3O2S. The van der Waals surface area contributed by atoms with Crippen LogP contribution in [0.2, 0.25) is 0 Å². The molecule has 5 nitrogen and oxygen atoms in total. The van der Waals surface area contributed by atoms with E-state index in [2.05, 4.69) is 16.2 Å². The Bertz CT molecular complexity index is 764. The number of rotatable bonds is 5. The third-order valence-corrected chi connectivity index (χ3v) is 3.37. The number of halogens is 2. The number of Topliss-reactive ketones (excluding diaryl/α,β-unsaturated/α-hetero) is 1. The van der Waals surface area contributed by atoms with Crippen molar-refractivity contribution >= 4 is 34.7 Å². The molecule has 0 spiro atoms. The molecule has 130 valence electrons. The molecule has 0 bridgehead atoms. The Labute approximate surface area is 148 Å². The molecule has 0 atom stereocenters. The number of anilines is 1. The minimum atomic E-state index is -0.432. The van der Waals surface area contributed by atoms with Crippen molar-refractivity contribution in [2.45, 2.75) is 12.8 Å². The van der Waals surface area contributed by atoms with Gasteiger partial charge in [-0.25, -0.2) is 8.78 Å². The lowest BCUT2D eigenvalue weighted by Crippen LogP contribution is -2.43. The monoisotopic (exact) mass is 363 g/mol. The number of carbonyl (C=O) groups excluding carboxylic acids is 2. The van der Waals surface area contributed by atoms with Gasteiger partial charge in [-0.1, -0.05) is 0 Å². The summed E-state index contributed by atoms with van der Waals surface area (Å²) in [5.41, 5.74) is 5.73. The number of hydrogen-bond acceptors (Lipinski definition) is 3. The summed E-state index contributed by atoms with van der Waals surface area (Å²) in [6.45, 7) is 0. The maximum atomic E-state index is 12.8. The van der Waals surface area contributed by atoms with Crippen LogP contribution in [0.15, 0.2) is 48.5 Å². The smallest absolute Gasteiger partial charge is 0.238 e. The van der Waals surface area contributed by atoms with Crippen LogP contribution in [0.5, 0.6) is 0 Å². The van der Waals surface area contributed by atoms with Gasteiger partial charge in [0.05, 0.1) is 0 Å². The number of benzene rings is 2. The molecule has 0 aliphatic heterocycles. The third-order valence-electron chi connectivity index (χ3n) is 3.16. The largest absolute Gasteiger partial charge is 0.331 e. The van der Waals surface area contributed by atoms with E-state index in [4.69, 9.17) is 12.2 Å².